The highest BCUT2D eigenvalue weighted by atomic mass is 19.4. The second-order valence-corrected chi connectivity index (χ2v) is 6.94. The van der Waals surface area contributed by atoms with Crippen molar-refractivity contribution in [2.24, 2.45) is 0 Å². The fraction of sp³-hybridized carbons (Fsp3) is 0.130. The highest BCUT2D eigenvalue weighted by Crippen LogP contribution is 2.32. The van der Waals surface area contributed by atoms with Gasteiger partial charge in [0.15, 0.2) is 5.78 Å². The van der Waals surface area contributed by atoms with Gasteiger partial charge in [-0.25, -0.2) is 0 Å². The number of ketones is 1. The molecule has 0 radical (unpaired) electrons. The number of non-ortho nitro benzene ring substituents is 1. The van der Waals surface area contributed by atoms with Crippen LogP contribution in [0.15, 0.2) is 72.8 Å². The Morgan fingerprint density at radius 1 is 1.00 bits per heavy atom. The van der Waals surface area contributed by atoms with Crippen LogP contribution >= 0.6 is 0 Å². The molecule has 3 aromatic rings. The van der Waals surface area contributed by atoms with Crippen LogP contribution in [0.3, 0.4) is 0 Å². The van der Waals surface area contributed by atoms with Crippen LogP contribution in [0.5, 0.6) is 0 Å². The third-order valence-electron chi connectivity index (χ3n) is 4.78. The average molecular weight is 439 g/mol. The fourth-order valence-corrected chi connectivity index (χ4v) is 3.07. The second kappa shape index (κ2) is 9.31. The first-order chi connectivity index (χ1) is 15.2. The number of nitro benzene ring substituents is 1. The van der Waals surface area contributed by atoms with Gasteiger partial charge in [-0.2, -0.15) is 18.4 Å². The van der Waals surface area contributed by atoms with Crippen LogP contribution in [0.25, 0.3) is 0 Å². The van der Waals surface area contributed by atoms with E-state index in [0.717, 1.165) is 12.1 Å². The van der Waals surface area contributed by atoms with Crippen LogP contribution < -0.4 is 5.32 Å². The van der Waals surface area contributed by atoms with Crippen molar-refractivity contribution in [3.63, 3.8) is 0 Å². The van der Waals surface area contributed by atoms with E-state index in [1.54, 1.807) is 0 Å². The topological polar surface area (TPSA) is 96.0 Å². The van der Waals surface area contributed by atoms with Crippen LogP contribution in [0.2, 0.25) is 0 Å². The summed E-state index contributed by atoms with van der Waals surface area (Å²) in [6.45, 7) is 0. The van der Waals surface area contributed by atoms with E-state index in [0.29, 0.717) is 22.4 Å². The first-order valence-corrected chi connectivity index (χ1v) is 9.39. The van der Waals surface area contributed by atoms with Gasteiger partial charge in [0, 0.05) is 29.8 Å². The van der Waals surface area contributed by atoms with Crippen LogP contribution in [0.4, 0.5) is 24.5 Å². The molecule has 0 saturated heterocycles. The van der Waals surface area contributed by atoms with Gasteiger partial charge in [-0.1, -0.05) is 24.3 Å². The third kappa shape index (κ3) is 5.49. The lowest BCUT2D eigenvalue weighted by Crippen LogP contribution is -2.16. The van der Waals surface area contributed by atoms with Crippen LogP contribution in [0, 0.1) is 21.4 Å². The largest absolute Gasteiger partial charge is 0.416 e. The Morgan fingerprint density at radius 2 is 1.59 bits per heavy atom. The third-order valence-corrected chi connectivity index (χ3v) is 4.78. The number of rotatable bonds is 7. The van der Waals surface area contributed by atoms with Crippen molar-refractivity contribution in [3.05, 3.63) is 105 Å². The smallest absolute Gasteiger partial charge is 0.378 e. The zero-order valence-corrected chi connectivity index (χ0v) is 16.5. The zero-order valence-electron chi connectivity index (χ0n) is 16.5. The maximum atomic E-state index is 12.9. The Bertz CT molecular complexity index is 1150. The van der Waals surface area contributed by atoms with E-state index in [-0.39, 0.29) is 17.9 Å². The van der Waals surface area contributed by atoms with Crippen molar-refractivity contribution >= 4 is 17.2 Å². The molecule has 1 atom stereocenters. The van der Waals surface area contributed by atoms with E-state index in [1.165, 1.54) is 60.7 Å². The molecule has 0 heterocycles. The molecule has 162 valence electrons. The molecule has 1 N–H and O–H groups in total. The number of benzene rings is 3. The normalized spacial score (nSPS) is 11.9. The molecule has 1 unspecified atom stereocenters. The minimum absolute atomic E-state index is 0.0890. The zero-order chi connectivity index (χ0) is 23.3. The van der Waals surface area contributed by atoms with Gasteiger partial charge in [0.05, 0.1) is 28.2 Å². The van der Waals surface area contributed by atoms with Gasteiger partial charge < -0.3 is 5.32 Å². The van der Waals surface area contributed by atoms with E-state index in [4.69, 9.17) is 5.26 Å². The SMILES string of the molecule is N#Cc1ccc(C(=O)CC(Nc2ccc([N+](=O)[O-])cc2)c2ccc(C(F)(F)F)cc2)cc1. The number of carbonyl (C=O) groups excluding carboxylic acids is 1. The molecule has 32 heavy (non-hydrogen) atoms. The van der Waals surface area contributed by atoms with Crippen molar-refractivity contribution < 1.29 is 22.9 Å². The number of nitrogens with one attached hydrogen (secondary N) is 1. The van der Waals surface area contributed by atoms with Crippen LogP contribution in [-0.4, -0.2) is 10.7 Å². The van der Waals surface area contributed by atoms with Crippen molar-refractivity contribution in [1.82, 2.24) is 0 Å². The summed E-state index contributed by atoms with van der Waals surface area (Å²) in [7, 11) is 0. The van der Waals surface area contributed by atoms with Crippen LogP contribution in [-0.2, 0) is 6.18 Å². The predicted molar refractivity (Wildman–Crippen MR) is 111 cm³/mol. The number of alkyl halides is 3. The maximum absolute atomic E-state index is 12.9. The molecule has 0 fully saturated rings. The predicted octanol–water partition coefficient (Wildman–Crippen LogP) is 5.91. The molecular weight excluding hydrogens is 423 g/mol. The molecule has 3 aromatic carbocycles. The standard InChI is InChI=1S/C23H16F3N3O3/c24-23(25,26)18-7-5-16(6-8-18)21(28-19-9-11-20(12-10-19)29(31)32)13-22(30)17-3-1-15(14-27)2-4-17/h1-12,21,28H,13H2. The van der Waals surface area contributed by atoms with Crippen molar-refractivity contribution in [3.8, 4) is 6.07 Å². The van der Waals surface area contributed by atoms with Crippen molar-refractivity contribution in [1.29, 1.82) is 5.26 Å². The summed E-state index contributed by atoms with van der Waals surface area (Å²) < 4.78 is 38.7. The Kier molecular flexibility index (Phi) is 6.54. The van der Waals surface area contributed by atoms with Crippen LogP contribution in [0.1, 0.15) is 39.5 Å². The molecule has 6 nitrogen and oxygen atoms in total. The molecule has 0 aromatic heterocycles. The molecule has 0 aliphatic heterocycles. The number of carbonyl (C=O) groups is 1. The van der Waals surface area contributed by atoms with Gasteiger partial charge in [-0.3, -0.25) is 14.9 Å². The number of nitrogens with zero attached hydrogens (tertiary/aromatic N) is 2. The number of halogens is 3. The van der Waals surface area contributed by atoms with E-state index in [2.05, 4.69) is 5.32 Å². The Balaban J connectivity index is 1.88. The number of hydrogen-bond acceptors (Lipinski definition) is 5. The van der Waals surface area contributed by atoms with Gasteiger partial charge in [-0.15, -0.1) is 0 Å². The molecule has 0 amide bonds. The van der Waals surface area contributed by atoms with Gasteiger partial charge in [0.1, 0.15) is 0 Å². The number of anilines is 1. The Morgan fingerprint density at radius 3 is 2.09 bits per heavy atom. The molecule has 0 saturated carbocycles. The van der Waals surface area contributed by atoms with Crippen molar-refractivity contribution in [2.75, 3.05) is 5.32 Å². The number of nitro groups is 1. The quantitative estimate of drug-likeness (QED) is 0.280. The van der Waals surface area contributed by atoms with E-state index < -0.39 is 22.7 Å². The Hall–Kier alpha value is -4.19. The van der Waals surface area contributed by atoms with E-state index in [1.807, 2.05) is 6.07 Å². The van der Waals surface area contributed by atoms with Gasteiger partial charge in [0.25, 0.3) is 5.69 Å². The number of hydrogen-bond donors (Lipinski definition) is 1. The summed E-state index contributed by atoms with van der Waals surface area (Å²) >= 11 is 0. The molecule has 0 aliphatic carbocycles. The maximum Gasteiger partial charge on any atom is 0.416 e. The first-order valence-electron chi connectivity index (χ1n) is 9.39. The summed E-state index contributed by atoms with van der Waals surface area (Å²) in [6.07, 6.45) is -4.58. The number of Topliss-reactive ketones (excluding diaryl/α,β-unsaturated/α-hetero) is 1. The summed E-state index contributed by atoms with van der Waals surface area (Å²) in [5.41, 5.74) is 0.728. The molecule has 3 rings (SSSR count). The van der Waals surface area contributed by atoms with Crippen molar-refractivity contribution in [2.45, 2.75) is 18.6 Å². The lowest BCUT2D eigenvalue weighted by atomic mass is 9.96. The Labute approximate surface area is 181 Å². The van der Waals surface area contributed by atoms with E-state index >= 15 is 0 Å². The summed E-state index contributed by atoms with van der Waals surface area (Å²) in [6, 6.07) is 17.2. The summed E-state index contributed by atoms with van der Waals surface area (Å²) in [5.74, 6) is -0.284. The molecule has 0 aliphatic rings. The van der Waals surface area contributed by atoms with Gasteiger partial charge >= 0.3 is 6.18 Å². The summed E-state index contributed by atoms with van der Waals surface area (Å²) in [4.78, 5) is 23.1. The highest BCUT2D eigenvalue weighted by Gasteiger charge is 2.30. The second-order valence-electron chi connectivity index (χ2n) is 6.94. The lowest BCUT2D eigenvalue weighted by molar-refractivity contribution is -0.384. The monoisotopic (exact) mass is 439 g/mol. The molecule has 0 bridgehead atoms. The lowest BCUT2D eigenvalue weighted by Gasteiger charge is -2.21. The average Bonchev–Trinajstić information content (AvgIpc) is 2.78. The van der Waals surface area contributed by atoms with Gasteiger partial charge in [-0.05, 0) is 42.0 Å². The highest BCUT2D eigenvalue weighted by molar-refractivity contribution is 5.96. The molecule has 0 spiro atoms. The molecular formula is C23H16F3N3O3. The minimum atomic E-state index is -4.49. The van der Waals surface area contributed by atoms with Gasteiger partial charge in [0.2, 0.25) is 0 Å². The van der Waals surface area contributed by atoms with E-state index in [9.17, 15) is 28.1 Å². The fourth-order valence-electron chi connectivity index (χ4n) is 3.07. The summed E-state index contributed by atoms with van der Waals surface area (Å²) in [5, 5.41) is 22.8. The number of nitriles is 1. The minimum Gasteiger partial charge on any atom is -0.378 e. The molecule has 9 heteroatoms. The first kappa shape index (κ1) is 22.5.